The van der Waals surface area contributed by atoms with E-state index in [0.29, 0.717) is 22.2 Å². The van der Waals surface area contributed by atoms with Gasteiger partial charge in [0.2, 0.25) is 0 Å². The second-order valence-electron chi connectivity index (χ2n) is 5.11. The van der Waals surface area contributed by atoms with Crippen molar-refractivity contribution in [1.29, 1.82) is 0 Å². The number of carbonyl (C=O) groups is 1. The van der Waals surface area contributed by atoms with E-state index in [2.05, 4.69) is 5.32 Å². The van der Waals surface area contributed by atoms with Crippen LogP contribution in [0.4, 0.5) is 0 Å². The van der Waals surface area contributed by atoms with Crippen LogP contribution >= 0.6 is 35.0 Å². The summed E-state index contributed by atoms with van der Waals surface area (Å²) >= 11 is 13.5. The molecule has 2 N–H and O–H groups in total. The van der Waals surface area contributed by atoms with Crippen molar-refractivity contribution in [3.63, 3.8) is 0 Å². The first-order valence-electron chi connectivity index (χ1n) is 6.33. The molecule has 1 unspecified atom stereocenters. The lowest BCUT2D eigenvalue weighted by Crippen LogP contribution is -2.52. The number of halogens is 2. The lowest BCUT2D eigenvalue weighted by molar-refractivity contribution is -0.144. The summed E-state index contributed by atoms with van der Waals surface area (Å²) in [7, 11) is 0. The molecule has 0 fully saturated rings. The van der Waals surface area contributed by atoms with Crippen molar-refractivity contribution in [2.24, 2.45) is 0 Å². The summed E-state index contributed by atoms with van der Waals surface area (Å²) in [5.41, 5.74) is -0.938. The van der Waals surface area contributed by atoms with Gasteiger partial charge in [-0.25, -0.2) is 0 Å². The van der Waals surface area contributed by atoms with E-state index in [1.807, 2.05) is 13.8 Å². The van der Waals surface area contributed by atoms with Crippen LogP contribution in [0.3, 0.4) is 0 Å². The first-order valence-corrected chi connectivity index (χ1v) is 8.07. The molecule has 0 aliphatic carbocycles. The van der Waals surface area contributed by atoms with Crippen molar-refractivity contribution in [2.75, 3.05) is 5.75 Å². The predicted octanol–water partition coefficient (Wildman–Crippen LogP) is 4.32. The van der Waals surface area contributed by atoms with Crippen molar-refractivity contribution in [3.8, 4) is 0 Å². The first-order chi connectivity index (χ1) is 9.24. The Labute approximate surface area is 134 Å². The van der Waals surface area contributed by atoms with Gasteiger partial charge in [0.05, 0.1) is 5.02 Å². The molecule has 20 heavy (non-hydrogen) atoms. The summed E-state index contributed by atoms with van der Waals surface area (Å²) in [6.45, 7) is 5.57. The van der Waals surface area contributed by atoms with E-state index in [9.17, 15) is 9.90 Å². The van der Waals surface area contributed by atoms with Crippen LogP contribution in [-0.4, -0.2) is 28.4 Å². The number of aliphatic carboxylic acids is 1. The maximum atomic E-state index is 11.4. The van der Waals surface area contributed by atoms with Gasteiger partial charge >= 0.3 is 5.97 Å². The standard InChI is InChI=1S/C14H19Cl2NO2S/c1-9(2)17-14(3,13(18)19)6-7-20-12-8-10(15)4-5-11(12)16/h4-5,8-9,17H,6-7H2,1-3H3,(H,18,19). The quantitative estimate of drug-likeness (QED) is 0.728. The van der Waals surface area contributed by atoms with Crippen LogP contribution in [0.25, 0.3) is 0 Å². The van der Waals surface area contributed by atoms with Crippen LogP contribution < -0.4 is 5.32 Å². The number of rotatable bonds is 7. The lowest BCUT2D eigenvalue weighted by atomic mass is 9.98. The van der Waals surface area contributed by atoms with Gasteiger partial charge in [-0.3, -0.25) is 10.1 Å². The Hall–Kier alpha value is -0.420. The molecule has 0 spiro atoms. The molecule has 0 aliphatic rings. The number of nitrogens with one attached hydrogen (secondary N) is 1. The molecular weight excluding hydrogens is 317 g/mol. The fourth-order valence-corrected chi connectivity index (χ4v) is 3.50. The Kier molecular flexibility index (Phi) is 6.65. The summed E-state index contributed by atoms with van der Waals surface area (Å²) in [6, 6.07) is 5.38. The smallest absolute Gasteiger partial charge is 0.323 e. The minimum Gasteiger partial charge on any atom is -0.480 e. The third-order valence-electron chi connectivity index (χ3n) is 2.83. The van der Waals surface area contributed by atoms with E-state index in [0.717, 1.165) is 4.90 Å². The molecule has 0 heterocycles. The average molecular weight is 336 g/mol. The number of carboxylic acid groups (broad SMARTS) is 1. The number of benzene rings is 1. The zero-order chi connectivity index (χ0) is 15.3. The van der Waals surface area contributed by atoms with Crippen LogP contribution in [-0.2, 0) is 4.79 Å². The second kappa shape index (κ2) is 7.55. The van der Waals surface area contributed by atoms with E-state index >= 15 is 0 Å². The van der Waals surface area contributed by atoms with Crippen molar-refractivity contribution < 1.29 is 9.90 Å². The Morgan fingerprint density at radius 2 is 2.10 bits per heavy atom. The molecule has 112 valence electrons. The average Bonchev–Trinajstić information content (AvgIpc) is 2.32. The van der Waals surface area contributed by atoms with Crippen LogP contribution in [0.15, 0.2) is 23.1 Å². The van der Waals surface area contributed by atoms with Gasteiger partial charge in [0.25, 0.3) is 0 Å². The maximum Gasteiger partial charge on any atom is 0.323 e. The molecule has 1 aromatic carbocycles. The Bertz CT molecular complexity index is 482. The Balaban J connectivity index is 2.65. The fourth-order valence-electron chi connectivity index (χ4n) is 1.83. The molecule has 0 saturated heterocycles. The maximum absolute atomic E-state index is 11.4. The van der Waals surface area contributed by atoms with Gasteiger partial charge in [-0.2, -0.15) is 0 Å². The van der Waals surface area contributed by atoms with Gasteiger partial charge < -0.3 is 5.11 Å². The third kappa shape index (κ3) is 5.17. The molecule has 6 heteroatoms. The minimum atomic E-state index is -0.938. The van der Waals surface area contributed by atoms with Gasteiger partial charge in [-0.1, -0.05) is 23.2 Å². The van der Waals surface area contributed by atoms with Crippen molar-refractivity contribution >= 4 is 40.9 Å². The topological polar surface area (TPSA) is 49.3 Å². The van der Waals surface area contributed by atoms with Crippen LogP contribution in [0, 0.1) is 0 Å². The van der Waals surface area contributed by atoms with E-state index in [4.69, 9.17) is 23.2 Å². The van der Waals surface area contributed by atoms with E-state index in [1.54, 1.807) is 25.1 Å². The zero-order valence-corrected chi connectivity index (χ0v) is 14.1. The van der Waals surface area contributed by atoms with Gasteiger partial charge in [-0.15, -0.1) is 11.8 Å². The van der Waals surface area contributed by atoms with Crippen LogP contribution in [0.5, 0.6) is 0 Å². The third-order valence-corrected chi connectivity index (χ3v) is 4.57. The number of carboxylic acids is 1. The summed E-state index contributed by atoms with van der Waals surface area (Å²) < 4.78 is 0. The van der Waals surface area contributed by atoms with Crippen LogP contribution in [0.2, 0.25) is 10.0 Å². The molecule has 3 nitrogen and oxygen atoms in total. The second-order valence-corrected chi connectivity index (χ2v) is 7.09. The molecule has 0 bridgehead atoms. The monoisotopic (exact) mass is 335 g/mol. The molecule has 0 aliphatic heterocycles. The number of hydrogen-bond acceptors (Lipinski definition) is 3. The Morgan fingerprint density at radius 1 is 1.45 bits per heavy atom. The summed E-state index contributed by atoms with van der Waals surface area (Å²) in [4.78, 5) is 12.3. The SMILES string of the molecule is CC(C)NC(C)(CCSc1cc(Cl)ccc1Cl)C(=O)O. The first kappa shape index (κ1) is 17.6. The van der Waals surface area contributed by atoms with E-state index < -0.39 is 11.5 Å². The molecule has 0 saturated carbocycles. The molecule has 1 aromatic rings. The summed E-state index contributed by atoms with van der Waals surface area (Å²) in [5, 5.41) is 13.7. The Morgan fingerprint density at radius 3 is 2.65 bits per heavy atom. The van der Waals surface area contributed by atoms with Gasteiger partial charge in [0.15, 0.2) is 0 Å². The van der Waals surface area contributed by atoms with Crippen molar-refractivity contribution in [2.45, 2.75) is 43.7 Å². The molecule has 0 amide bonds. The fraction of sp³-hybridized carbons (Fsp3) is 0.500. The van der Waals surface area contributed by atoms with Crippen molar-refractivity contribution in [3.05, 3.63) is 28.2 Å². The highest BCUT2D eigenvalue weighted by atomic mass is 35.5. The molecule has 1 atom stereocenters. The van der Waals surface area contributed by atoms with Gasteiger partial charge in [0.1, 0.15) is 5.54 Å². The predicted molar refractivity (Wildman–Crippen MR) is 86.1 cm³/mol. The van der Waals surface area contributed by atoms with Gasteiger partial charge in [0, 0.05) is 21.7 Å². The highest BCUT2D eigenvalue weighted by Gasteiger charge is 2.32. The number of hydrogen-bond donors (Lipinski definition) is 2. The van der Waals surface area contributed by atoms with Gasteiger partial charge in [-0.05, 0) is 45.4 Å². The normalized spacial score (nSPS) is 14.3. The van der Waals surface area contributed by atoms with E-state index in [1.165, 1.54) is 11.8 Å². The molecule has 1 rings (SSSR count). The highest BCUT2D eigenvalue weighted by Crippen LogP contribution is 2.31. The summed E-state index contributed by atoms with van der Waals surface area (Å²) in [5.74, 6) is -0.202. The van der Waals surface area contributed by atoms with E-state index in [-0.39, 0.29) is 6.04 Å². The molecular formula is C14H19Cl2NO2S. The lowest BCUT2D eigenvalue weighted by Gasteiger charge is -2.28. The number of thioether (sulfide) groups is 1. The zero-order valence-electron chi connectivity index (χ0n) is 11.7. The largest absolute Gasteiger partial charge is 0.480 e. The highest BCUT2D eigenvalue weighted by molar-refractivity contribution is 7.99. The summed E-state index contributed by atoms with van der Waals surface area (Å²) in [6.07, 6.45) is 0.494. The van der Waals surface area contributed by atoms with Crippen LogP contribution in [0.1, 0.15) is 27.2 Å². The molecule has 0 aromatic heterocycles. The molecule has 0 radical (unpaired) electrons. The van der Waals surface area contributed by atoms with Crippen molar-refractivity contribution in [1.82, 2.24) is 5.32 Å². The minimum absolute atomic E-state index is 0.107.